The van der Waals surface area contributed by atoms with Crippen molar-refractivity contribution in [3.63, 3.8) is 0 Å². The first-order valence-electron chi connectivity index (χ1n) is 10.6. The zero-order chi connectivity index (χ0) is 24.5. The number of halogens is 3. The Balaban J connectivity index is 1.81. The molecule has 4 aromatic rings. The Morgan fingerprint density at radius 1 is 1.03 bits per heavy atom. The minimum Gasteiger partial charge on any atom is -0.231 e. The maximum Gasteiger partial charge on any atom is 0.240 e. The van der Waals surface area contributed by atoms with Crippen molar-refractivity contribution in [2.24, 2.45) is 0 Å². The standard InChI is InChI=1S/C25H22BrCl2N3O2S/c1-3-21-23(15-29-34(32,33)20-6-4-5-16(2)13-20)30-31(24-12-11-19(27)14-22(24)28)25(21)17-7-9-18(26)10-8-17/h4-14,29H,3,15H2,1-2H3. The summed E-state index contributed by atoms with van der Waals surface area (Å²) in [4.78, 5) is 0.221. The molecule has 9 heteroatoms. The molecule has 0 amide bonds. The van der Waals surface area contributed by atoms with Crippen LogP contribution in [0.2, 0.25) is 10.0 Å². The van der Waals surface area contributed by atoms with Crippen LogP contribution in [0.25, 0.3) is 16.9 Å². The monoisotopic (exact) mass is 577 g/mol. The molecule has 0 aliphatic carbocycles. The molecule has 0 unspecified atom stereocenters. The van der Waals surface area contributed by atoms with E-state index in [0.29, 0.717) is 27.8 Å². The topological polar surface area (TPSA) is 64.0 Å². The Hall–Kier alpha value is -2.16. The first kappa shape index (κ1) is 24.9. The lowest BCUT2D eigenvalue weighted by Gasteiger charge is -2.11. The van der Waals surface area contributed by atoms with Gasteiger partial charge in [-0.25, -0.2) is 17.8 Å². The van der Waals surface area contributed by atoms with Crippen LogP contribution in [0.1, 0.15) is 23.7 Å². The minimum atomic E-state index is -3.71. The van der Waals surface area contributed by atoms with Crippen molar-refractivity contribution < 1.29 is 8.42 Å². The fourth-order valence-corrected chi connectivity index (χ4v) is 5.62. The Morgan fingerprint density at radius 3 is 2.41 bits per heavy atom. The molecule has 0 spiro atoms. The zero-order valence-corrected chi connectivity index (χ0v) is 22.4. The zero-order valence-electron chi connectivity index (χ0n) is 18.5. The van der Waals surface area contributed by atoms with Crippen molar-refractivity contribution >= 4 is 49.2 Å². The van der Waals surface area contributed by atoms with Crippen molar-refractivity contribution in [3.8, 4) is 16.9 Å². The van der Waals surface area contributed by atoms with E-state index >= 15 is 0 Å². The van der Waals surface area contributed by atoms with Crippen LogP contribution in [-0.2, 0) is 23.0 Å². The number of nitrogens with one attached hydrogen (secondary N) is 1. The van der Waals surface area contributed by atoms with E-state index in [4.69, 9.17) is 28.3 Å². The highest BCUT2D eigenvalue weighted by atomic mass is 79.9. The third-order valence-corrected chi connectivity index (χ3v) is 7.87. The predicted octanol–water partition coefficient (Wildman–Crippen LogP) is 6.96. The Bertz CT molecular complexity index is 1450. The maximum atomic E-state index is 12.9. The van der Waals surface area contributed by atoms with Crippen molar-refractivity contribution in [1.82, 2.24) is 14.5 Å². The van der Waals surface area contributed by atoms with E-state index in [1.807, 2.05) is 44.2 Å². The summed E-state index contributed by atoms with van der Waals surface area (Å²) >= 11 is 16.1. The van der Waals surface area contributed by atoms with Crippen LogP contribution in [0.15, 0.2) is 76.1 Å². The SMILES string of the molecule is CCc1c(CNS(=O)(=O)c2cccc(C)c2)nn(-c2ccc(Cl)cc2Cl)c1-c1ccc(Br)cc1. The summed E-state index contributed by atoms with van der Waals surface area (Å²) in [7, 11) is -3.71. The van der Waals surface area contributed by atoms with E-state index in [-0.39, 0.29) is 11.4 Å². The van der Waals surface area contributed by atoms with Gasteiger partial charge in [-0.3, -0.25) is 0 Å². The van der Waals surface area contributed by atoms with Gasteiger partial charge in [-0.05, 0) is 61.4 Å². The van der Waals surface area contributed by atoms with Gasteiger partial charge in [0, 0.05) is 20.6 Å². The van der Waals surface area contributed by atoms with Crippen molar-refractivity contribution in [2.75, 3.05) is 0 Å². The Morgan fingerprint density at radius 2 is 1.76 bits per heavy atom. The molecule has 4 rings (SSSR count). The fourth-order valence-electron chi connectivity index (χ4n) is 3.77. The predicted molar refractivity (Wildman–Crippen MR) is 141 cm³/mol. The second-order valence-electron chi connectivity index (χ2n) is 7.78. The first-order chi connectivity index (χ1) is 16.2. The van der Waals surface area contributed by atoms with Crippen LogP contribution in [0.5, 0.6) is 0 Å². The van der Waals surface area contributed by atoms with E-state index in [1.165, 1.54) is 0 Å². The number of sulfonamides is 1. The molecule has 0 fully saturated rings. The van der Waals surface area contributed by atoms with Crippen LogP contribution < -0.4 is 4.72 Å². The largest absolute Gasteiger partial charge is 0.240 e. The van der Waals surface area contributed by atoms with Crippen molar-refractivity contribution in [3.05, 3.63) is 98.1 Å². The molecule has 0 saturated carbocycles. The molecular formula is C25H22BrCl2N3O2S. The van der Waals surface area contributed by atoms with Crippen LogP contribution in [0, 0.1) is 6.92 Å². The average molecular weight is 579 g/mol. The number of hydrogen-bond acceptors (Lipinski definition) is 3. The number of rotatable bonds is 7. The lowest BCUT2D eigenvalue weighted by atomic mass is 10.0. The molecule has 0 aliphatic heterocycles. The van der Waals surface area contributed by atoms with Crippen LogP contribution in [0.4, 0.5) is 0 Å². The molecule has 5 nitrogen and oxygen atoms in total. The summed E-state index contributed by atoms with van der Waals surface area (Å²) < 4.78 is 31.3. The van der Waals surface area contributed by atoms with Gasteiger partial charge in [0.1, 0.15) is 0 Å². The van der Waals surface area contributed by atoms with Crippen molar-refractivity contribution in [2.45, 2.75) is 31.7 Å². The molecule has 0 radical (unpaired) electrons. The van der Waals surface area contributed by atoms with Gasteiger partial charge < -0.3 is 0 Å². The highest BCUT2D eigenvalue weighted by Gasteiger charge is 2.22. The summed E-state index contributed by atoms with van der Waals surface area (Å²) in [6.07, 6.45) is 0.651. The molecule has 0 saturated heterocycles. The minimum absolute atomic E-state index is 0.0428. The summed E-state index contributed by atoms with van der Waals surface area (Å²) in [5.41, 5.74) is 4.88. The molecule has 1 heterocycles. The Kier molecular flexibility index (Phi) is 7.50. The molecule has 0 bridgehead atoms. The average Bonchev–Trinajstić information content (AvgIpc) is 3.16. The third kappa shape index (κ3) is 5.24. The van der Waals surface area contributed by atoms with E-state index in [1.54, 1.807) is 41.1 Å². The van der Waals surface area contributed by atoms with Crippen LogP contribution in [0.3, 0.4) is 0 Å². The highest BCUT2D eigenvalue weighted by Crippen LogP contribution is 2.34. The van der Waals surface area contributed by atoms with Gasteiger partial charge in [0.25, 0.3) is 0 Å². The summed E-state index contributed by atoms with van der Waals surface area (Å²) in [5.74, 6) is 0. The number of aromatic nitrogens is 2. The van der Waals surface area contributed by atoms with E-state index in [9.17, 15) is 8.42 Å². The van der Waals surface area contributed by atoms with E-state index < -0.39 is 10.0 Å². The quantitative estimate of drug-likeness (QED) is 0.258. The summed E-state index contributed by atoms with van der Waals surface area (Å²) in [5, 5.41) is 5.77. The van der Waals surface area contributed by atoms with Gasteiger partial charge in [-0.15, -0.1) is 0 Å². The molecule has 3 aromatic carbocycles. The number of nitrogens with zero attached hydrogens (tertiary/aromatic N) is 2. The highest BCUT2D eigenvalue weighted by molar-refractivity contribution is 9.10. The normalized spacial score (nSPS) is 11.7. The molecule has 1 N–H and O–H groups in total. The lowest BCUT2D eigenvalue weighted by molar-refractivity contribution is 0.579. The molecule has 0 atom stereocenters. The molecule has 0 aliphatic rings. The van der Waals surface area contributed by atoms with Gasteiger partial charge in [-0.2, -0.15) is 5.10 Å². The number of aryl methyl sites for hydroxylation is 1. The fraction of sp³-hybridized carbons (Fsp3) is 0.160. The summed E-state index contributed by atoms with van der Waals surface area (Å²) in [6.45, 7) is 3.92. The van der Waals surface area contributed by atoms with Gasteiger partial charge >= 0.3 is 0 Å². The van der Waals surface area contributed by atoms with Gasteiger partial charge in [0.05, 0.1) is 33.5 Å². The maximum absolute atomic E-state index is 12.9. The van der Waals surface area contributed by atoms with Crippen LogP contribution >= 0.6 is 39.1 Å². The second-order valence-corrected chi connectivity index (χ2v) is 11.3. The Labute approximate surface area is 217 Å². The molecule has 34 heavy (non-hydrogen) atoms. The van der Waals surface area contributed by atoms with Crippen molar-refractivity contribution in [1.29, 1.82) is 0 Å². The van der Waals surface area contributed by atoms with Gasteiger partial charge in [0.15, 0.2) is 0 Å². The lowest BCUT2D eigenvalue weighted by Crippen LogP contribution is -2.24. The molecule has 1 aromatic heterocycles. The smallest absolute Gasteiger partial charge is 0.231 e. The first-order valence-corrected chi connectivity index (χ1v) is 13.6. The van der Waals surface area contributed by atoms with Gasteiger partial charge in [0.2, 0.25) is 10.0 Å². The second kappa shape index (κ2) is 10.2. The number of hydrogen-bond donors (Lipinski definition) is 1. The molecule has 176 valence electrons. The third-order valence-electron chi connectivity index (χ3n) is 5.41. The number of benzene rings is 3. The van der Waals surface area contributed by atoms with Crippen LogP contribution in [-0.4, -0.2) is 18.2 Å². The van der Waals surface area contributed by atoms with E-state index in [2.05, 4.69) is 20.7 Å². The van der Waals surface area contributed by atoms with E-state index in [0.717, 1.165) is 26.9 Å². The summed E-state index contributed by atoms with van der Waals surface area (Å²) in [6, 6.07) is 19.9. The molecular weight excluding hydrogens is 557 g/mol. The van der Waals surface area contributed by atoms with Gasteiger partial charge in [-0.1, -0.05) is 70.3 Å².